The molecule has 0 aliphatic carbocycles. The molecule has 0 unspecified atom stereocenters. The van der Waals surface area contributed by atoms with Crippen LogP contribution in [0.15, 0.2) is 42.6 Å². The Bertz CT molecular complexity index is 584. The molecule has 0 spiro atoms. The lowest BCUT2D eigenvalue weighted by Crippen LogP contribution is -2.19. The first-order chi connectivity index (χ1) is 9.13. The summed E-state index contributed by atoms with van der Waals surface area (Å²) in [5, 5.41) is 9.15. The third kappa shape index (κ3) is 2.70. The average molecular weight is 260 g/mol. The van der Waals surface area contributed by atoms with Crippen molar-refractivity contribution in [3.63, 3.8) is 0 Å². The first-order valence-electron chi connectivity index (χ1n) is 5.85. The first-order valence-corrected chi connectivity index (χ1v) is 5.85. The van der Waals surface area contributed by atoms with Gasteiger partial charge < -0.3 is 10.0 Å². The molecule has 1 aromatic heterocycles. The summed E-state index contributed by atoms with van der Waals surface area (Å²) >= 11 is 0. The highest BCUT2D eigenvalue weighted by atomic mass is 19.1. The van der Waals surface area contributed by atoms with Gasteiger partial charge in [-0.05, 0) is 43.3 Å². The molecule has 0 aliphatic rings. The van der Waals surface area contributed by atoms with Crippen molar-refractivity contribution in [3.05, 3.63) is 54.1 Å². The average Bonchev–Trinajstić information content (AvgIpc) is 2.42. The molecule has 1 N–H and O–H groups in total. The van der Waals surface area contributed by atoms with Crippen LogP contribution in [-0.4, -0.2) is 22.6 Å². The maximum atomic E-state index is 12.9. The molecule has 0 aliphatic heterocycles. The molecule has 0 amide bonds. The molecular formula is C14H13FN2O2. The zero-order valence-electron chi connectivity index (χ0n) is 10.4. The van der Waals surface area contributed by atoms with Gasteiger partial charge >= 0.3 is 5.97 Å². The summed E-state index contributed by atoms with van der Waals surface area (Å²) in [6.07, 6.45) is 1.44. The maximum Gasteiger partial charge on any atom is 0.356 e. The predicted octanol–water partition coefficient (Wildman–Crippen LogP) is 3.08. The Morgan fingerprint density at radius 2 is 2.00 bits per heavy atom. The second kappa shape index (κ2) is 5.48. The summed E-state index contributed by atoms with van der Waals surface area (Å²) < 4.78 is 12.9. The number of nitrogens with zero attached hydrogens (tertiary/aromatic N) is 2. The Morgan fingerprint density at radius 3 is 2.58 bits per heavy atom. The van der Waals surface area contributed by atoms with Crippen LogP contribution < -0.4 is 4.90 Å². The standard InChI is InChI=1S/C14H13FN2O2/c1-2-17(11-7-5-10(15)6-8-11)12-4-3-9-16-13(12)14(18)19/h3-9H,2H2,1H3,(H,18,19). The largest absolute Gasteiger partial charge is 0.476 e. The maximum absolute atomic E-state index is 12.9. The summed E-state index contributed by atoms with van der Waals surface area (Å²) in [6.45, 7) is 2.44. The highest BCUT2D eigenvalue weighted by molar-refractivity contribution is 5.93. The number of carboxylic acids is 1. The van der Waals surface area contributed by atoms with Crippen LogP contribution in [0.1, 0.15) is 17.4 Å². The van der Waals surface area contributed by atoms with Crippen molar-refractivity contribution in [2.45, 2.75) is 6.92 Å². The van der Waals surface area contributed by atoms with Gasteiger partial charge in [-0.25, -0.2) is 14.2 Å². The third-order valence-electron chi connectivity index (χ3n) is 2.73. The van der Waals surface area contributed by atoms with E-state index in [0.717, 1.165) is 5.69 Å². The zero-order valence-corrected chi connectivity index (χ0v) is 10.4. The smallest absolute Gasteiger partial charge is 0.356 e. The van der Waals surface area contributed by atoms with E-state index in [2.05, 4.69) is 4.98 Å². The number of rotatable bonds is 4. The Hall–Kier alpha value is -2.43. The summed E-state index contributed by atoms with van der Waals surface area (Å²) in [5.74, 6) is -1.42. The van der Waals surface area contributed by atoms with Crippen LogP contribution in [0.3, 0.4) is 0 Å². The number of pyridine rings is 1. The summed E-state index contributed by atoms with van der Waals surface area (Å²) in [7, 11) is 0. The topological polar surface area (TPSA) is 53.4 Å². The second-order valence-corrected chi connectivity index (χ2v) is 3.90. The van der Waals surface area contributed by atoms with Gasteiger partial charge in [-0.1, -0.05) is 0 Å². The van der Waals surface area contributed by atoms with Crippen LogP contribution in [0, 0.1) is 5.82 Å². The van der Waals surface area contributed by atoms with E-state index >= 15 is 0 Å². The molecule has 0 fully saturated rings. The van der Waals surface area contributed by atoms with Gasteiger partial charge in [0.2, 0.25) is 0 Å². The Balaban J connectivity index is 2.48. The molecule has 0 radical (unpaired) electrons. The molecule has 1 heterocycles. The van der Waals surface area contributed by atoms with Crippen LogP contribution in [0.4, 0.5) is 15.8 Å². The van der Waals surface area contributed by atoms with E-state index in [1.807, 2.05) is 6.92 Å². The number of halogens is 1. The van der Waals surface area contributed by atoms with Crippen molar-refractivity contribution in [2.24, 2.45) is 0 Å². The Morgan fingerprint density at radius 1 is 1.32 bits per heavy atom. The van der Waals surface area contributed by atoms with Crippen molar-refractivity contribution in [1.29, 1.82) is 0 Å². The third-order valence-corrected chi connectivity index (χ3v) is 2.73. The second-order valence-electron chi connectivity index (χ2n) is 3.90. The van der Waals surface area contributed by atoms with Gasteiger partial charge in [0, 0.05) is 18.4 Å². The van der Waals surface area contributed by atoms with Gasteiger partial charge in [0.25, 0.3) is 0 Å². The van der Waals surface area contributed by atoms with Gasteiger partial charge in [0.15, 0.2) is 5.69 Å². The molecule has 0 atom stereocenters. The van der Waals surface area contributed by atoms with E-state index in [1.54, 1.807) is 29.2 Å². The van der Waals surface area contributed by atoms with Crippen LogP contribution in [-0.2, 0) is 0 Å². The van der Waals surface area contributed by atoms with Crippen LogP contribution >= 0.6 is 0 Å². The molecule has 2 aromatic rings. The van der Waals surface area contributed by atoms with E-state index in [0.29, 0.717) is 12.2 Å². The summed E-state index contributed by atoms with van der Waals surface area (Å²) in [6, 6.07) is 9.26. The number of anilines is 2. The number of carbonyl (C=O) groups is 1. The van der Waals surface area contributed by atoms with Crippen LogP contribution in [0.5, 0.6) is 0 Å². The lowest BCUT2D eigenvalue weighted by Gasteiger charge is -2.24. The van der Waals surface area contributed by atoms with Gasteiger partial charge in [0.1, 0.15) is 5.82 Å². The monoisotopic (exact) mass is 260 g/mol. The van der Waals surface area contributed by atoms with Crippen molar-refractivity contribution in [2.75, 3.05) is 11.4 Å². The number of aromatic carboxylic acids is 1. The molecule has 19 heavy (non-hydrogen) atoms. The van der Waals surface area contributed by atoms with Crippen LogP contribution in [0.25, 0.3) is 0 Å². The van der Waals surface area contributed by atoms with E-state index in [1.165, 1.54) is 18.3 Å². The quantitative estimate of drug-likeness (QED) is 0.917. The molecule has 2 rings (SSSR count). The van der Waals surface area contributed by atoms with Gasteiger partial charge in [-0.2, -0.15) is 0 Å². The molecule has 5 heteroatoms. The molecule has 4 nitrogen and oxygen atoms in total. The van der Waals surface area contributed by atoms with Gasteiger partial charge in [-0.3, -0.25) is 0 Å². The number of benzene rings is 1. The van der Waals surface area contributed by atoms with E-state index in [4.69, 9.17) is 5.11 Å². The lowest BCUT2D eigenvalue weighted by atomic mass is 10.2. The SMILES string of the molecule is CCN(c1ccc(F)cc1)c1cccnc1C(=O)O. The zero-order chi connectivity index (χ0) is 13.8. The van der Waals surface area contributed by atoms with E-state index in [9.17, 15) is 9.18 Å². The van der Waals surface area contributed by atoms with Gasteiger partial charge in [-0.15, -0.1) is 0 Å². The predicted molar refractivity (Wildman–Crippen MR) is 70.3 cm³/mol. The number of hydrogen-bond donors (Lipinski definition) is 1. The lowest BCUT2D eigenvalue weighted by molar-refractivity contribution is 0.0691. The molecule has 0 saturated carbocycles. The van der Waals surface area contributed by atoms with E-state index in [-0.39, 0.29) is 11.5 Å². The highest BCUT2D eigenvalue weighted by Crippen LogP contribution is 2.27. The number of hydrogen-bond acceptors (Lipinski definition) is 3. The fourth-order valence-electron chi connectivity index (χ4n) is 1.89. The normalized spacial score (nSPS) is 10.2. The van der Waals surface area contributed by atoms with Gasteiger partial charge in [0.05, 0.1) is 5.69 Å². The molecule has 0 saturated heterocycles. The molecule has 0 bridgehead atoms. The minimum atomic E-state index is -1.09. The molecular weight excluding hydrogens is 247 g/mol. The minimum Gasteiger partial charge on any atom is -0.476 e. The van der Waals surface area contributed by atoms with Crippen molar-refractivity contribution < 1.29 is 14.3 Å². The van der Waals surface area contributed by atoms with Crippen LogP contribution in [0.2, 0.25) is 0 Å². The minimum absolute atomic E-state index is 0.0197. The van der Waals surface area contributed by atoms with Crippen molar-refractivity contribution in [3.8, 4) is 0 Å². The van der Waals surface area contributed by atoms with Crippen molar-refractivity contribution in [1.82, 2.24) is 4.98 Å². The number of aromatic nitrogens is 1. The van der Waals surface area contributed by atoms with Crippen molar-refractivity contribution >= 4 is 17.3 Å². The molecule has 1 aromatic carbocycles. The Kier molecular flexibility index (Phi) is 3.75. The fourth-order valence-corrected chi connectivity index (χ4v) is 1.89. The first kappa shape index (κ1) is 13.0. The highest BCUT2D eigenvalue weighted by Gasteiger charge is 2.17. The Labute approximate surface area is 110 Å². The fraction of sp³-hybridized carbons (Fsp3) is 0.143. The number of carboxylic acid groups (broad SMARTS) is 1. The summed E-state index contributed by atoms with van der Waals surface area (Å²) in [4.78, 5) is 16.8. The molecule has 98 valence electrons. The van der Waals surface area contributed by atoms with E-state index < -0.39 is 5.97 Å². The summed E-state index contributed by atoms with van der Waals surface area (Å²) in [5.41, 5.74) is 1.19.